The SMILES string of the molecule is CN1C(=O)CCC1ON1CC2NC(C)(C)NC23N(CC(NC(=O)C2CCCCC2)C3(O)O)C1=N. The molecule has 4 saturated heterocycles. The fraction of sp³-hybridized carbons (Fsp3) is 0.864. The predicted molar refractivity (Wildman–Crippen MR) is 121 cm³/mol. The quantitative estimate of drug-likeness (QED) is 0.273. The van der Waals surface area contributed by atoms with E-state index in [0.29, 0.717) is 12.8 Å². The van der Waals surface area contributed by atoms with Gasteiger partial charge in [-0.1, -0.05) is 19.3 Å². The monoisotopic (exact) mass is 479 g/mol. The summed E-state index contributed by atoms with van der Waals surface area (Å²) < 4.78 is 0. The second-order valence-corrected chi connectivity index (χ2v) is 10.9. The third kappa shape index (κ3) is 3.49. The largest absolute Gasteiger partial charge is 0.361 e. The van der Waals surface area contributed by atoms with Crippen molar-refractivity contribution in [2.75, 3.05) is 20.1 Å². The van der Waals surface area contributed by atoms with E-state index in [2.05, 4.69) is 16.0 Å². The second-order valence-electron chi connectivity index (χ2n) is 10.9. The first-order valence-corrected chi connectivity index (χ1v) is 12.3. The number of hydroxylamine groups is 2. The van der Waals surface area contributed by atoms with Crippen molar-refractivity contribution in [3.8, 4) is 0 Å². The van der Waals surface area contributed by atoms with Gasteiger partial charge in [0.1, 0.15) is 6.04 Å². The Morgan fingerprint density at radius 3 is 2.53 bits per heavy atom. The molecular formula is C22H37N7O5. The van der Waals surface area contributed by atoms with Gasteiger partial charge in [0, 0.05) is 32.4 Å². The Labute approximate surface area is 199 Å². The van der Waals surface area contributed by atoms with Gasteiger partial charge in [0.2, 0.25) is 23.6 Å². The number of likely N-dealkylation sites (tertiary alicyclic amines) is 1. The van der Waals surface area contributed by atoms with E-state index >= 15 is 0 Å². The maximum atomic E-state index is 13.0. The topological polar surface area (TPSA) is 153 Å². The molecule has 2 amide bonds. The van der Waals surface area contributed by atoms with Gasteiger partial charge in [-0.05, 0) is 26.7 Å². The van der Waals surface area contributed by atoms with Crippen LogP contribution in [-0.2, 0) is 14.4 Å². The first-order chi connectivity index (χ1) is 16.0. The summed E-state index contributed by atoms with van der Waals surface area (Å²) in [6.45, 7) is 3.97. The van der Waals surface area contributed by atoms with Crippen LogP contribution in [0.25, 0.3) is 0 Å². The molecule has 1 spiro atoms. The number of hydrogen-bond donors (Lipinski definition) is 6. The Hall–Kier alpha value is -1.99. The normalized spacial score (nSPS) is 37.2. The number of aliphatic hydroxyl groups is 2. The van der Waals surface area contributed by atoms with Crippen molar-refractivity contribution in [1.82, 2.24) is 30.8 Å². The number of nitrogens with zero attached hydrogens (tertiary/aromatic N) is 3. The zero-order chi connectivity index (χ0) is 24.5. The molecule has 5 rings (SSSR count). The maximum absolute atomic E-state index is 13.0. The molecule has 0 aromatic rings. The first-order valence-electron chi connectivity index (χ1n) is 12.3. The molecule has 0 bridgehead atoms. The molecule has 190 valence electrons. The van der Waals surface area contributed by atoms with Gasteiger partial charge in [0.15, 0.2) is 11.9 Å². The van der Waals surface area contributed by atoms with Gasteiger partial charge in [-0.2, -0.15) is 0 Å². The molecule has 0 radical (unpaired) electrons. The molecule has 1 aliphatic carbocycles. The molecule has 4 heterocycles. The zero-order valence-electron chi connectivity index (χ0n) is 20.1. The third-order valence-electron chi connectivity index (χ3n) is 8.19. The molecule has 0 aromatic heterocycles. The molecule has 0 aromatic carbocycles. The highest BCUT2D eigenvalue weighted by Gasteiger charge is 2.74. The van der Waals surface area contributed by atoms with Crippen LogP contribution < -0.4 is 16.0 Å². The molecule has 4 atom stereocenters. The van der Waals surface area contributed by atoms with Crippen molar-refractivity contribution in [1.29, 1.82) is 5.41 Å². The van der Waals surface area contributed by atoms with Crippen LogP contribution in [0, 0.1) is 11.3 Å². The number of carbonyl (C=O) groups excluding carboxylic acids is 2. The van der Waals surface area contributed by atoms with Crippen LogP contribution in [0.3, 0.4) is 0 Å². The van der Waals surface area contributed by atoms with Crippen LogP contribution in [0.5, 0.6) is 0 Å². The molecule has 12 heteroatoms. The summed E-state index contributed by atoms with van der Waals surface area (Å²) in [6, 6.07) is -1.53. The number of amides is 2. The highest BCUT2D eigenvalue weighted by molar-refractivity contribution is 5.82. The van der Waals surface area contributed by atoms with Crippen LogP contribution in [0.1, 0.15) is 58.8 Å². The third-order valence-corrected chi connectivity index (χ3v) is 8.19. The fourth-order valence-electron chi connectivity index (χ4n) is 6.42. The summed E-state index contributed by atoms with van der Waals surface area (Å²) in [5, 5.41) is 43.0. The van der Waals surface area contributed by atoms with Crippen molar-refractivity contribution in [3.05, 3.63) is 0 Å². The molecule has 34 heavy (non-hydrogen) atoms. The van der Waals surface area contributed by atoms with Crippen LogP contribution in [0.15, 0.2) is 0 Å². The van der Waals surface area contributed by atoms with Gasteiger partial charge >= 0.3 is 0 Å². The lowest BCUT2D eigenvalue weighted by Crippen LogP contribution is -2.79. The predicted octanol–water partition coefficient (Wildman–Crippen LogP) is -1.20. The highest BCUT2D eigenvalue weighted by Crippen LogP contribution is 2.45. The Kier molecular flexibility index (Phi) is 5.60. The van der Waals surface area contributed by atoms with Gasteiger partial charge in [-0.3, -0.25) is 25.6 Å². The minimum Gasteiger partial charge on any atom is -0.361 e. The summed E-state index contributed by atoms with van der Waals surface area (Å²) in [5.74, 6) is -2.70. The molecule has 5 aliphatic rings. The van der Waals surface area contributed by atoms with Crippen molar-refractivity contribution < 1.29 is 24.6 Å². The molecule has 4 unspecified atom stereocenters. The second kappa shape index (κ2) is 8.02. The van der Waals surface area contributed by atoms with Crippen molar-refractivity contribution in [2.45, 2.75) is 94.2 Å². The highest BCUT2D eigenvalue weighted by atomic mass is 16.7. The molecule has 6 N–H and O–H groups in total. The van der Waals surface area contributed by atoms with E-state index < -0.39 is 35.4 Å². The Morgan fingerprint density at radius 2 is 1.88 bits per heavy atom. The molecular weight excluding hydrogens is 442 g/mol. The van der Waals surface area contributed by atoms with Crippen molar-refractivity contribution in [3.63, 3.8) is 0 Å². The standard InChI is InChI=1S/C22H37N7O5/c1-20(2)25-14-12-29(34-17-10-9-16(30)27(17)3)19(23)28-11-15(22(32,33)21(14,28)26-20)24-18(31)13-7-5-4-6-8-13/h13-15,17,23,25-26,32-33H,4-12H2,1-3H3,(H,24,31). The van der Waals surface area contributed by atoms with E-state index in [4.69, 9.17) is 10.2 Å². The lowest BCUT2D eigenvalue weighted by Gasteiger charge is -2.52. The van der Waals surface area contributed by atoms with E-state index in [1.165, 1.54) is 9.96 Å². The Morgan fingerprint density at radius 1 is 1.18 bits per heavy atom. The van der Waals surface area contributed by atoms with E-state index in [9.17, 15) is 19.8 Å². The van der Waals surface area contributed by atoms with Crippen molar-refractivity contribution >= 4 is 17.8 Å². The van der Waals surface area contributed by atoms with Gasteiger partial charge in [-0.15, -0.1) is 0 Å². The summed E-state index contributed by atoms with van der Waals surface area (Å²) in [4.78, 5) is 34.1. The molecule has 12 nitrogen and oxygen atoms in total. The number of carbonyl (C=O) groups is 2. The summed E-state index contributed by atoms with van der Waals surface area (Å²) in [6.07, 6.45) is 5.15. The van der Waals surface area contributed by atoms with E-state index in [1.54, 1.807) is 11.9 Å². The fourth-order valence-corrected chi connectivity index (χ4v) is 6.42. The lowest BCUT2D eigenvalue weighted by atomic mass is 9.87. The number of nitrogens with one attached hydrogen (secondary N) is 4. The Balaban J connectivity index is 1.41. The minimum atomic E-state index is -2.35. The van der Waals surface area contributed by atoms with E-state index in [1.807, 2.05) is 13.8 Å². The molecule has 1 saturated carbocycles. The van der Waals surface area contributed by atoms with E-state index in [-0.39, 0.29) is 36.8 Å². The smallest absolute Gasteiger partial charge is 0.225 e. The van der Waals surface area contributed by atoms with Crippen LogP contribution in [0.2, 0.25) is 0 Å². The van der Waals surface area contributed by atoms with Crippen LogP contribution in [0.4, 0.5) is 0 Å². The van der Waals surface area contributed by atoms with Gasteiger partial charge < -0.3 is 25.3 Å². The van der Waals surface area contributed by atoms with E-state index in [0.717, 1.165) is 32.1 Å². The molecule has 5 fully saturated rings. The number of hydrogen-bond acceptors (Lipinski definition) is 8. The van der Waals surface area contributed by atoms with Gasteiger partial charge in [0.25, 0.3) is 0 Å². The zero-order valence-corrected chi connectivity index (χ0v) is 20.1. The minimum absolute atomic E-state index is 0.0129. The lowest BCUT2D eigenvalue weighted by molar-refractivity contribution is -0.256. The van der Waals surface area contributed by atoms with Gasteiger partial charge in [-0.25, -0.2) is 9.90 Å². The number of guanidine groups is 1. The van der Waals surface area contributed by atoms with Crippen molar-refractivity contribution in [2.24, 2.45) is 5.92 Å². The maximum Gasteiger partial charge on any atom is 0.225 e. The molecule has 4 aliphatic heterocycles. The first kappa shape index (κ1) is 23.7. The van der Waals surface area contributed by atoms with Crippen LogP contribution >= 0.6 is 0 Å². The summed E-state index contributed by atoms with van der Waals surface area (Å²) in [7, 11) is 1.68. The van der Waals surface area contributed by atoms with Gasteiger partial charge in [0.05, 0.1) is 18.2 Å². The Bertz CT molecular complexity index is 876. The average molecular weight is 480 g/mol. The summed E-state index contributed by atoms with van der Waals surface area (Å²) >= 11 is 0. The van der Waals surface area contributed by atoms with Crippen LogP contribution in [-0.4, -0.2) is 98.4 Å². The summed E-state index contributed by atoms with van der Waals surface area (Å²) in [5.41, 5.74) is -2.10. The number of rotatable bonds is 4. The average Bonchev–Trinajstić information content (AvgIpc) is 3.33.